The Balaban J connectivity index is 1.45. The summed E-state index contributed by atoms with van der Waals surface area (Å²) in [4.78, 5) is 11.6. The van der Waals surface area contributed by atoms with Gasteiger partial charge in [0.05, 0.1) is 12.0 Å². The predicted octanol–water partition coefficient (Wildman–Crippen LogP) is 3.65. The second-order valence-corrected chi connectivity index (χ2v) is 7.20. The lowest BCUT2D eigenvalue weighted by atomic mass is 10.2. The topological polar surface area (TPSA) is 51.1 Å². The van der Waals surface area contributed by atoms with Crippen molar-refractivity contribution in [1.82, 2.24) is 5.01 Å². The number of ether oxygens (including phenoxy) is 2. The van der Waals surface area contributed by atoms with Gasteiger partial charge in [-0.05, 0) is 54.4 Å². The molecule has 0 atom stereocenters. The van der Waals surface area contributed by atoms with Crippen molar-refractivity contribution < 1.29 is 14.3 Å². The minimum Gasteiger partial charge on any atom is -0.490 e. The number of thiocarbonyl (C=S) groups is 1. The van der Waals surface area contributed by atoms with E-state index in [1.807, 2.05) is 55.5 Å². The minimum atomic E-state index is -0.0928. The monoisotopic (exact) mass is 386 g/mol. The van der Waals surface area contributed by atoms with Crippen LogP contribution in [0.4, 0.5) is 0 Å². The Bertz CT molecular complexity index is 806. The second kappa shape index (κ2) is 8.82. The maximum Gasteiger partial charge on any atom is 0.259 e. The van der Waals surface area contributed by atoms with Crippen molar-refractivity contribution in [2.24, 2.45) is 5.10 Å². The van der Waals surface area contributed by atoms with Gasteiger partial charge in [0.2, 0.25) is 0 Å². The first-order valence-corrected chi connectivity index (χ1v) is 9.47. The molecule has 1 aliphatic rings. The fraction of sp³-hybridized carbons (Fsp3) is 0.211. The molecular weight excluding hydrogens is 368 g/mol. The smallest absolute Gasteiger partial charge is 0.259 e. The zero-order valence-corrected chi connectivity index (χ0v) is 15.9. The maximum absolute atomic E-state index is 11.6. The van der Waals surface area contributed by atoms with Crippen molar-refractivity contribution in [3.05, 3.63) is 59.7 Å². The number of thioether (sulfide) groups is 1. The van der Waals surface area contributed by atoms with Crippen LogP contribution in [0.1, 0.15) is 11.1 Å². The van der Waals surface area contributed by atoms with E-state index in [-0.39, 0.29) is 5.91 Å². The number of rotatable bonds is 7. The lowest BCUT2D eigenvalue weighted by Crippen LogP contribution is -2.22. The quantitative estimate of drug-likeness (QED) is 0.413. The number of hydrazone groups is 1. The molecule has 0 unspecified atom stereocenters. The Kier molecular flexibility index (Phi) is 6.25. The number of amides is 1. The molecule has 0 saturated carbocycles. The number of hydrogen-bond donors (Lipinski definition) is 0. The molecule has 3 rings (SSSR count). The molecule has 1 saturated heterocycles. The van der Waals surface area contributed by atoms with Crippen LogP contribution in [0.25, 0.3) is 0 Å². The highest BCUT2D eigenvalue weighted by atomic mass is 32.2. The van der Waals surface area contributed by atoms with Gasteiger partial charge in [0.25, 0.3) is 5.91 Å². The number of benzene rings is 2. The normalized spacial score (nSPS) is 14.3. The molecule has 1 fully saturated rings. The summed E-state index contributed by atoms with van der Waals surface area (Å²) in [7, 11) is 0. The van der Waals surface area contributed by atoms with E-state index in [1.165, 1.54) is 16.8 Å². The first-order valence-electron chi connectivity index (χ1n) is 8.08. The summed E-state index contributed by atoms with van der Waals surface area (Å²) in [5.74, 6) is 1.85. The van der Waals surface area contributed by atoms with Gasteiger partial charge in [-0.3, -0.25) is 4.79 Å². The average Bonchev–Trinajstić information content (AvgIpc) is 2.96. The third kappa shape index (κ3) is 5.06. The Morgan fingerprint density at radius 1 is 1.15 bits per heavy atom. The molecule has 134 valence electrons. The summed E-state index contributed by atoms with van der Waals surface area (Å²) < 4.78 is 11.8. The van der Waals surface area contributed by atoms with E-state index in [4.69, 9.17) is 21.7 Å². The molecule has 0 radical (unpaired) electrons. The van der Waals surface area contributed by atoms with E-state index in [1.54, 1.807) is 6.21 Å². The molecule has 0 N–H and O–H groups in total. The van der Waals surface area contributed by atoms with Crippen LogP contribution in [-0.4, -0.2) is 40.4 Å². The third-order valence-electron chi connectivity index (χ3n) is 3.54. The molecule has 1 aliphatic heterocycles. The molecule has 26 heavy (non-hydrogen) atoms. The molecule has 0 aromatic heterocycles. The van der Waals surface area contributed by atoms with Gasteiger partial charge in [-0.2, -0.15) is 10.1 Å². The van der Waals surface area contributed by atoms with Crippen molar-refractivity contribution in [2.75, 3.05) is 19.0 Å². The Morgan fingerprint density at radius 3 is 2.54 bits per heavy atom. The summed E-state index contributed by atoms with van der Waals surface area (Å²) in [5.41, 5.74) is 2.02. The number of nitrogens with zero attached hydrogens (tertiary/aromatic N) is 2. The molecule has 0 bridgehead atoms. The molecule has 1 amide bonds. The number of carbonyl (C=O) groups excluding carboxylic acids is 1. The van der Waals surface area contributed by atoms with Gasteiger partial charge in [0.1, 0.15) is 24.7 Å². The van der Waals surface area contributed by atoms with Crippen LogP contribution >= 0.6 is 24.0 Å². The number of hydrogen-bond acceptors (Lipinski definition) is 6. The zero-order valence-electron chi connectivity index (χ0n) is 14.3. The van der Waals surface area contributed by atoms with Gasteiger partial charge in [-0.25, -0.2) is 0 Å². The highest BCUT2D eigenvalue weighted by Gasteiger charge is 2.25. The fourth-order valence-electron chi connectivity index (χ4n) is 2.26. The van der Waals surface area contributed by atoms with Crippen molar-refractivity contribution >= 4 is 40.4 Å². The number of aryl methyl sites for hydroxylation is 1. The van der Waals surface area contributed by atoms with Gasteiger partial charge in [0.15, 0.2) is 4.32 Å². The van der Waals surface area contributed by atoms with Crippen LogP contribution in [0.3, 0.4) is 0 Å². The van der Waals surface area contributed by atoms with E-state index in [0.29, 0.717) is 23.3 Å². The second-order valence-electron chi connectivity index (χ2n) is 5.59. The van der Waals surface area contributed by atoms with E-state index < -0.39 is 0 Å². The van der Waals surface area contributed by atoms with Crippen LogP contribution in [0.15, 0.2) is 53.6 Å². The van der Waals surface area contributed by atoms with Gasteiger partial charge >= 0.3 is 0 Å². The van der Waals surface area contributed by atoms with Crippen LogP contribution in [0, 0.1) is 6.92 Å². The lowest BCUT2D eigenvalue weighted by Gasteiger charge is -2.09. The SMILES string of the molecule is Cc1cccc(OCCOc2ccc(/C=N\N3C(=O)CSC3=S)cc2)c1. The van der Waals surface area contributed by atoms with E-state index in [2.05, 4.69) is 5.10 Å². The minimum absolute atomic E-state index is 0.0928. The third-order valence-corrected chi connectivity index (χ3v) is 4.88. The van der Waals surface area contributed by atoms with Gasteiger partial charge in [0, 0.05) is 0 Å². The molecule has 1 heterocycles. The Hall–Kier alpha value is -2.38. The van der Waals surface area contributed by atoms with Crippen molar-refractivity contribution in [3.63, 3.8) is 0 Å². The summed E-state index contributed by atoms with van der Waals surface area (Å²) in [5, 5.41) is 5.39. The summed E-state index contributed by atoms with van der Waals surface area (Å²) >= 11 is 6.40. The van der Waals surface area contributed by atoms with E-state index >= 15 is 0 Å². The first-order chi connectivity index (χ1) is 12.6. The van der Waals surface area contributed by atoms with Crippen molar-refractivity contribution in [1.29, 1.82) is 0 Å². The van der Waals surface area contributed by atoms with Crippen LogP contribution in [-0.2, 0) is 4.79 Å². The molecule has 5 nitrogen and oxygen atoms in total. The highest BCUT2D eigenvalue weighted by Crippen LogP contribution is 2.19. The summed E-state index contributed by atoms with van der Waals surface area (Å²) in [6.45, 7) is 2.95. The lowest BCUT2D eigenvalue weighted by molar-refractivity contribution is -0.123. The van der Waals surface area contributed by atoms with Crippen molar-refractivity contribution in [2.45, 2.75) is 6.92 Å². The molecule has 2 aromatic carbocycles. The van der Waals surface area contributed by atoms with E-state index in [0.717, 1.165) is 22.6 Å². The molecule has 0 aliphatic carbocycles. The number of carbonyl (C=O) groups is 1. The average molecular weight is 386 g/mol. The van der Waals surface area contributed by atoms with Gasteiger partial charge in [-0.1, -0.05) is 36.1 Å². The summed E-state index contributed by atoms with van der Waals surface area (Å²) in [6.07, 6.45) is 1.61. The largest absolute Gasteiger partial charge is 0.490 e. The Morgan fingerprint density at radius 2 is 1.88 bits per heavy atom. The highest BCUT2D eigenvalue weighted by molar-refractivity contribution is 8.23. The zero-order chi connectivity index (χ0) is 18.4. The maximum atomic E-state index is 11.6. The molecule has 0 spiro atoms. The van der Waals surface area contributed by atoms with Gasteiger partial charge < -0.3 is 9.47 Å². The van der Waals surface area contributed by atoms with Crippen LogP contribution < -0.4 is 9.47 Å². The Labute approximate surface area is 162 Å². The standard InChI is InChI=1S/C19H18N2O3S2/c1-14-3-2-4-17(11-14)24-10-9-23-16-7-5-15(6-8-16)12-20-21-18(22)13-26-19(21)25/h2-8,11-12H,9-10,13H2,1H3/b20-12-. The molecular formula is C19H18N2O3S2. The van der Waals surface area contributed by atoms with Crippen LogP contribution in [0.5, 0.6) is 11.5 Å². The van der Waals surface area contributed by atoms with Crippen molar-refractivity contribution in [3.8, 4) is 11.5 Å². The van der Waals surface area contributed by atoms with E-state index in [9.17, 15) is 4.79 Å². The molecule has 7 heteroatoms. The molecule has 2 aromatic rings. The summed E-state index contributed by atoms with van der Waals surface area (Å²) in [6, 6.07) is 15.4. The fourth-order valence-corrected chi connectivity index (χ4v) is 3.22. The first kappa shape index (κ1) is 18.4. The van der Waals surface area contributed by atoms with Gasteiger partial charge in [-0.15, -0.1) is 0 Å². The van der Waals surface area contributed by atoms with Crippen LogP contribution in [0.2, 0.25) is 0 Å². The predicted molar refractivity (Wildman–Crippen MR) is 108 cm³/mol.